The molecule has 1 N–H and O–H groups in total. The standard InChI is InChI=1S/C17H28N2O2/c1-4-14-15(20)18-13(9-11(2)3)16(21)19(14)10-17(7-8-17)12-5-6-12/h11-14H,4-10H2,1-3H3,(H,18,20). The molecule has 21 heavy (non-hydrogen) atoms. The monoisotopic (exact) mass is 292 g/mol. The number of carbonyl (C=O) groups is 2. The molecule has 0 aromatic carbocycles. The van der Waals surface area contributed by atoms with E-state index in [0.717, 1.165) is 18.9 Å². The Bertz CT molecular complexity index is 438. The molecule has 2 saturated carbocycles. The van der Waals surface area contributed by atoms with Gasteiger partial charge < -0.3 is 10.2 Å². The third-order valence-corrected chi connectivity index (χ3v) is 5.49. The summed E-state index contributed by atoms with van der Waals surface area (Å²) in [5.74, 6) is 1.44. The maximum absolute atomic E-state index is 12.8. The van der Waals surface area contributed by atoms with Crippen molar-refractivity contribution in [3.63, 3.8) is 0 Å². The minimum atomic E-state index is -0.310. The van der Waals surface area contributed by atoms with E-state index in [4.69, 9.17) is 0 Å². The molecule has 1 aliphatic heterocycles. The van der Waals surface area contributed by atoms with E-state index in [0.29, 0.717) is 17.8 Å². The Morgan fingerprint density at radius 1 is 1.29 bits per heavy atom. The fraction of sp³-hybridized carbons (Fsp3) is 0.882. The first-order valence-electron chi connectivity index (χ1n) is 8.57. The second-order valence-electron chi connectivity index (χ2n) is 7.72. The lowest BCUT2D eigenvalue weighted by molar-refractivity contribution is -0.151. The van der Waals surface area contributed by atoms with Gasteiger partial charge in [-0.3, -0.25) is 9.59 Å². The minimum Gasteiger partial charge on any atom is -0.342 e. The second-order valence-corrected chi connectivity index (χ2v) is 7.72. The van der Waals surface area contributed by atoms with Crippen molar-refractivity contribution in [1.29, 1.82) is 0 Å². The van der Waals surface area contributed by atoms with Gasteiger partial charge in [0.05, 0.1) is 0 Å². The van der Waals surface area contributed by atoms with Crippen molar-refractivity contribution >= 4 is 11.8 Å². The summed E-state index contributed by atoms with van der Waals surface area (Å²) in [4.78, 5) is 27.1. The van der Waals surface area contributed by atoms with Gasteiger partial charge in [0.15, 0.2) is 0 Å². The zero-order valence-electron chi connectivity index (χ0n) is 13.5. The quantitative estimate of drug-likeness (QED) is 0.817. The molecule has 0 aromatic rings. The van der Waals surface area contributed by atoms with E-state index < -0.39 is 0 Å². The van der Waals surface area contributed by atoms with E-state index >= 15 is 0 Å². The minimum absolute atomic E-state index is 0.0503. The average Bonchev–Trinajstić information content (AvgIpc) is 3.26. The number of nitrogens with zero attached hydrogens (tertiary/aromatic N) is 1. The van der Waals surface area contributed by atoms with Crippen LogP contribution in [0, 0.1) is 17.3 Å². The Morgan fingerprint density at radius 3 is 2.43 bits per heavy atom. The number of hydrogen-bond donors (Lipinski definition) is 1. The van der Waals surface area contributed by atoms with Crippen molar-refractivity contribution in [1.82, 2.24) is 10.2 Å². The Kier molecular flexibility index (Phi) is 3.74. The van der Waals surface area contributed by atoms with Gasteiger partial charge in [-0.05, 0) is 55.8 Å². The Balaban J connectivity index is 1.76. The highest BCUT2D eigenvalue weighted by molar-refractivity contribution is 5.97. The molecular formula is C17H28N2O2. The van der Waals surface area contributed by atoms with Gasteiger partial charge in [0.25, 0.3) is 0 Å². The molecule has 118 valence electrons. The Hall–Kier alpha value is -1.06. The van der Waals surface area contributed by atoms with Crippen molar-refractivity contribution in [2.24, 2.45) is 17.3 Å². The highest BCUT2D eigenvalue weighted by Gasteiger charge is 2.56. The van der Waals surface area contributed by atoms with Crippen LogP contribution in [0.5, 0.6) is 0 Å². The van der Waals surface area contributed by atoms with Crippen LogP contribution >= 0.6 is 0 Å². The normalized spacial score (nSPS) is 31.5. The molecule has 1 heterocycles. The molecule has 4 heteroatoms. The highest BCUT2D eigenvalue weighted by atomic mass is 16.2. The molecular weight excluding hydrogens is 264 g/mol. The first-order valence-corrected chi connectivity index (χ1v) is 8.57. The van der Waals surface area contributed by atoms with Gasteiger partial charge in [0, 0.05) is 6.54 Å². The number of nitrogens with one attached hydrogen (secondary N) is 1. The summed E-state index contributed by atoms with van der Waals surface area (Å²) in [6, 6.07) is -0.563. The van der Waals surface area contributed by atoms with Crippen LogP contribution in [0.15, 0.2) is 0 Å². The molecule has 0 radical (unpaired) electrons. The van der Waals surface area contributed by atoms with Crippen molar-refractivity contribution in [2.45, 2.75) is 71.4 Å². The third-order valence-electron chi connectivity index (χ3n) is 5.49. The maximum atomic E-state index is 12.8. The molecule has 3 fully saturated rings. The Morgan fingerprint density at radius 2 is 1.95 bits per heavy atom. The van der Waals surface area contributed by atoms with Gasteiger partial charge >= 0.3 is 0 Å². The molecule has 0 aromatic heterocycles. The molecule has 4 nitrogen and oxygen atoms in total. The summed E-state index contributed by atoms with van der Waals surface area (Å²) in [6.45, 7) is 7.02. The van der Waals surface area contributed by atoms with Gasteiger partial charge in [-0.2, -0.15) is 0 Å². The van der Waals surface area contributed by atoms with Crippen LogP contribution < -0.4 is 5.32 Å². The summed E-state index contributed by atoms with van der Waals surface area (Å²) >= 11 is 0. The van der Waals surface area contributed by atoms with E-state index in [1.807, 2.05) is 11.8 Å². The van der Waals surface area contributed by atoms with Crippen LogP contribution in [0.25, 0.3) is 0 Å². The summed E-state index contributed by atoms with van der Waals surface area (Å²) in [6.07, 6.45) is 6.59. The smallest absolute Gasteiger partial charge is 0.245 e. The van der Waals surface area contributed by atoms with E-state index in [9.17, 15) is 9.59 Å². The van der Waals surface area contributed by atoms with Gasteiger partial charge in [0.2, 0.25) is 11.8 Å². The average molecular weight is 292 g/mol. The van der Waals surface area contributed by atoms with Crippen LogP contribution in [0.4, 0.5) is 0 Å². The Labute approximate surface area is 127 Å². The predicted octanol–water partition coefficient (Wildman–Crippen LogP) is 2.33. The summed E-state index contributed by atoms with van der Waals surface area (Å²) in [5, 5.41) is 2.95. The first kappa shape index (κ1) is 14.9. The molecule has 0 spiro atoms. The van der Waals surface area contributed by atoms with Gasteiger partial charge in [-0.25, -0.2) is 0 Å². The van der Waals surface area contributed by atoms with Crippen molar-refractivity contribution in [2.75, 3.05) is 6.54 Å². The van der Waals surface area contributed by atoms with Crippen LogP contribution in [0.2, 0.25) is 0 Å². The predicted molar refractivity (Wildman–Crippen MR) is 81.6 cm³/mol. The molecule has 3 rings (SSSR count). The van der Waals surface area contributed by atoms with Crippen molar-refractivity contribution in [3.05, 3.63) is 0 Å². The number of carbonyl (C=O) groups excluding carboxylic acids is 2. The molecule has 1 saturated heterocycles. The van der Waals surface area contributed by atoms with Gasteiger partial charge in [-0.15, -0.1) is 0 Å². The molecule has 2 unspecified atom stereocenters. The zero-order valence-corrected chi connectivity index (χ0v) is 13.5. The van der Waals surface area contributed by atoms with Crippen molar-refractivity contribution < 1.29 is 9.59 Å². The highest BCUT2D eigenvalue weighted by Crippen LogP contribution is 2.61. The lowest BCUT2D eigenvalue weighted by atomic mass is 9.93. The van der Waals surface area contributed by atoms with Gasteiger partial charge in [-0.1, -0.05) is 20.8 Å². The number of piperazine rings is 1. The lowest BCUT2D eigenvalue weighted by Gasteiger charge is -2.41. The fourth-order valence-corrected chi connectivity index (χ4v) is 3.94. The van der Waals surface area contributed by atoms with Crippen LogP contribution in [-0.4, -0.2) is 35.3 Å². The van der Waals surface area contributed by atoms with Crippen LogP contribution in [0.3, 0.4) is 0 Å². The van der Waals surface area contributed by atoms with E-state index in [-0.39, 0.29) is 23.9 Å². The maximum Gasteiger partial charge on any atom is 0.245 e. The van der Waals surface area contributed by atoms with Gasteiger partial charge in [0.1, 0.15) is 12.1 Å². The summed E-state index contributed by atoms with van der Waals surface area (Å²) < 4.78 is 0. The fourth-order valence-electron chi connectivity index (χ4n) is 3.94. The van der Waals surface area contributed by atoms with Crippen molar-refractivity contribution in [3.8, 4) is 0 Å². The van der Waals surface area contributed by atoms with E-state index in [2.05, 4.69) is 19.2 Å². The van der Waals surface area contributed by atoms with E-state index in [1.165, 1.54) is 25.7 Å². The summed E-state index contributed by atoms with van der Waals surface area (Å²) in [7, 11) is 0. The second kappa shape index (κ2) is 5.29. The first-order chi connectivity index (χ1) is 9.97. The number of amides is 2. The molecule has 3 aliphatic rings. The topological polar surface area (TPSA) is 49.4 Å². The zero-order chi connectivity index (χ0) is 15.2. The largest absolute Gasteiger partial charge is 0.342 e. The summed E-state index contributed by atoms with van der Waals surface area (Å²) in [5.41, 5.74) is 0.364. The molecule has 2 aliphatic carbocycles. The molecule has 2 amide bonds. The SMILES string of the molecule is CCC1C(=O)NC(CC(C)C)C(=O)N1CC1(C2CC2)CC1. The molecule has 0 bridgehead atoms. The lowest BCUT2D eigenvalue weighted by Crippen LogP contribution is -2.64. The van der Waals surface area contributed by atoms with Crippen LogP contribution in [-0.2, 0) is 9.59 Å². The number of rotatable bonds is 6. The van der Waals surface area contributed by atoms with E-state index in [1.54, 1.807) is 0 Å². The third kappa shape index (κ3) is 2.82. The van der Waals surface area contributed by atoms with Crippen LogP contribution in [0.1, 0.15) is 59.3 Å². The number of hydrogen-bond acceptors (Lipinski definition) is 2. The molecule has 2 atom stereocenters.